The number of H-pyrrole nitrogens is 1. The van der Waals surface area contributed by atoms with Gasteiger partial charge in [0.1, 0.15) is 0 Å². The minimum atomic E-state index is -1.83. The van der Waals surface area contributed by atoms with Gasteiger partial charge in [0.2, 0.25) is 5.56 Å². The van der Waals surface area contributed by atoms with Gasteiger partial charge in [-0.3, -0.25) is 14.4 Å². The predicted molar refractivity (Wildman–Crippen MR) is 52.2 cm³/mol. The molecule has 0 saturated carbocycles. The van der Waals surface area contributed by atoms with Crippen molar-refractivity contribution in [2.24, 2.45) is 5.41 Å². The monoisotopic (exact) mass is 223 g/mol. The second-order valence-corrected chi connectivity index (χ2v) is 3.89. The zero-order valence-corrected chi connectivity index (χ0v) is 8.19. The third kappa shape index (κ3) is 1.30. The molecule has 16 heavy (non-hydrogen) atoms. The fraction of sp³-hybridized carbons (Fsp3) is 0.300. The van der Waals surface area contributed by atoms with E-state index in [4.69, 9.17) is 10.2 Å². The molecule has 1 aliphatic rings. The molecule has 6 nitrogen and oxygen atoms in total. The Kier molecular flexibility index (Phi) is 2.08. The third-order valence-corrected chi connectivity index (χ3v) is 2.91. The van der Waals surface area contributed by atoms with Crippen LogP contribution in [0.15, 0.2) is 17.1 Å². The first-order chi connectivity index (χ1) is 7.45. The van der Waals surface area contributed by atoms with Gasteiger partial charge in [0.15, 0.2) is 5.41 Å². The van der Waals surface area contributed by atoms with Crippen molar-refractivity contribution in [3.8, 4) is 0 Å². The predicted octanol–water partition coefficient (Wildman–Crippen LogP) is -0.371. The first-order valence-electron chi connectivity index (χ1n) is 4.63. The molecule has 2 rings (SSSR count). The van der Waals surface area contributed by atoms with Gasteiger partial charge in [-0.2, -0.15) is 0 Å². The summed E-state index contributed by atoms with van der Waals surface area (Å²) in [5.74, 6) is -2.74. The Labute approximate surface area is 89.5 Å². The number of nitrogens with one attached hydrogen (secondary N) is 1. The van der Waals surface area contributed by atoms with E-state index in [-0.39, 0.29) is 18.4 Å². The van der Waals surface area contributed by atoms with Crippen LogP contribution in [0.5, 0.6) is 0 Å². The van der Waals surface area contributed by atoms with Crippen molar-refractivity contribution in [2.75, 3.05) is 0 Å². The van der Waals surface area contributed by atoms with E-state index < -0.39 is 17.4 Å². The Morgan fingerprint density at radius 3 is 2.31 bits per heavy atom. The molecular formula is C10H9NO5. The Balaban J connectivity index is 2.51. The highest BCUT2D eigenvalue weighted by atomic mass is 16.4. The van der Waals surface area contributed by atoms with Gasteiger partial charge >= 0.3 is 11.9 Å². The van der Waals surface area contributed by atoms with Gasteiger partial charge in [0.05, 0.1) is 0 Å². The van der Waals surface area contributed by atoms with Gasteiger partial charge < -0.3 is 15.2 Å². The molecule has 0 saturated heterocycles. The summed E-state index contributed by atoms with van der Waals surface area (Å²) >= 11 is 0. The van der Waals surface area contributed by atoms with Crippen LogP contribution in [-0.4, -0.2) is 27.1 Å². The number of hydrogen-bond donors (Lipinski definition) is 3. The number of rotatable bonds is 2. The smallest absolute Gasteiger partial charge is 0.321 e. The van der Waals surface area contributed by atoms with E-state index in [1.54, 1.807) is 0 Å². The van der Waals surface area contributed by atoms with Gasteiger partial charge in [-0.05, 0) is 11.1 Å². The fourth-order valence-electron chi connectivity index (χ4n) is 1.98. The van der Waals surface area contributed by atoms with E-state index >= 15 is 0 Å². The maximum Gasteiger partial charge on any atom is 0.321 e. The lowest BCUT2D eigenvalue weighted by molar-refractivity contribution is -0.163. The highest BCUT2D eigenvalue weighted by Gasteiger charge is 2.51. The van der Waals surface area contributed by atoms with Crippen LogP contribution in [-0.2, 0) is 22.4 Å². The average molecular weight is 223 g/mol. The number of aliphatic carboxylic acids is 2. The van der Waals surface area contributed by atoms with Crippen molar-refractivity contribution >= 4 is 11.9 Å². The summed E-state index contributed by atoms with van der Waals surface area (Å²) < 4.78 is 0. The van der Waals surface area contributed by atoms with Crippen LogP contribution in [0.25, 0.3) is 0 Å². The molecule has 0 bridgehead atoms. The standard InChI is InChI=1S/C10H9NO5/c12-7-1-5-2-10(8(13)14,9(15)16)3-6(5)4-11-7/h1,4H,2-3H2,(H,11,12)(H,13,14)(H,15,16). The molecule has 6 heteroatoms. The zero-order valence-electron chi connectivity index (χ0n) is 8.19. The average Bonchev–Trinajstić information content (AvgIpc) is 2.57. The van der Waals surface area contributed by atoms with Crippen LogP contribution in [0.2, 0.25) is 0 Å². The number of carbonyl (C=O) groups is 2. The van der Waals surface area contributed by atoms with Crippen LogP contribution in [0.1, 0.15) is 11.1 Å². The van der Waals surface area contributed by atoms with Crippen LogP contribution < -0.4 is 5.56 Å². The van der Waals surface area contributed by atoms with Gasteiger partial charge in [-0.1, -0.05) is 0 Å². The van der Waals surface area contributed by atoms with E-state index in [9.17, 15) is 14.4 Å². The van der Waals surface area contributed by atoms with Crippen molar-refractivity contribution in [3.63, 3.8) is 0 Å². The van der Waals surface area contributed by atoms with Crippen molar-refractivity contribution in [2.45, 2.75) is 12.8 Å². The molecule has 1 aromatic rings. The summed E-state index contributed by atoms with van der Waals surface area (Å²) in [7, 11) is 0. The molecule has 0 spiro atoms. The number of carboxylic acids is 2. The summed E-state index contributed by atoms with van der Waals surface area (Å²) in [4.78, 5) is 35.5. The number of aromatic nitrogens is 1. The summed E-state index contributed by atoms with van der Waals surface area (Å²) in [5, 5.41) is 18.0. The normalized spacial score (nSPS) is 16.8. The molecule has 0 aliphatic heterocycles. The van der Waals surface area contributed by atoms with E-state index in [1.807, 2.05) is 0 Å². The second-order valence-electron chi connectivity index (χ2n) is 3.89. The minimum absolute atomic E-state index is 0.0935. The quantitative estimate of drug-likeness (QED) is 0.593. The topological polar surface area (TPSA) is 107 Å². The summed E-state index contributed by atoms with van der Waals surface area (Å²) in [6, 6.07) is 1.25. The molecule has 0 radical (unpaired) electrons. The molecule has 0 aromatic carbocycles. The van der Waals surface area contributed by atoms with Gasteiger partial charge in [-0.15, -0.1) is 0 Å². The van der Waals surface area contributed by atoms with Gasteiger partial charge in [-0.25, -0.2) is 0 Å². The second kappa shape index (κ2) is 3.19. The number of pyridine rings is 1. The molecule has 1 heterocycles. The highest BCUT2D eigenvalue weighted by molar-refractivity contribution is 5.99. The molecule has 84 valence electrons. The Hall–Kier alpha value is -2.11. The molecule has 1 aliphatic carbocycles. The van der Waals surface area contributed by atoms with Crippen molar-refractivity contribution in [1.29, 1.82) is 0 Å². The SMILES string of the molecule is O=C(O)C1(C(=O)O)Cc2c[nH]c(=O)cc2C1. The highest BCUT2D eigenvalue weighted by Crippen LogP contribution is 2.36. The van der Waals surface area contributed by atoms with E-state index in [2.05, 4.69) is 4.98 Å². The van der Waals surface area contributed by atoms with Crippen LogP contribution in [0.4, 0.5) is 0 Å². The van der Waals surface area contributed by atoms with E-state index in [0.717, 1.165) is 0 Å². The molecule has 3 N–H and O–H groups in total. The van der Waals surface area contributed by atoms with Crippen molar-refractivity contribution in [1.82, 2.24) is 4.98 Å². The molecule has 1 aromatic heterocycles. The van der Waals surface area contributed by atoms with Crippen LogP contribution in [0.3, 0.4) is 0 Å². The Morgan fingerprint density at radius 2 is 1.75 bits per heavy atom. The van der Waals surface area contributed by atoms with Gasteiger partial charge in [0, 0.05) is 25.1 Å². The van der Waals surface area contributed by atoms with Crippen molar-refractivity contribution in [3.05, 3.63) is 33.7 Å². The number of aromatic amines is 1. The van der Waals surface area contributed by atoms with Gasteiger partial charge in [0.25, 0.3) is 0 Å². The maximum atomic E-state index is 11.0. The largest absolute Gasteiger partial charge is 0.480 e. The summed E-state index contributed by atoms with van der Waals surface area (Å²) in [5.41, 5.74) is -1.12. The van der Waals surface area contributed by atoms with Crippen molar-refractivity contribution < 1.29 is 19.8 Å². The zero-order chi connectivity index (χ0) is 11.9. The molecule has 0 fully saturated rings. The molecule has 0 atom stereocenters. The lowest BCUT2D eigenvalue weighted by atomic mass is 9.85. The third-order valence-electron chi connectivity index (χ3n) is 2.91. The van der Waals surface area contributed by atoms with Crippen LogP contribution in [0, 0.1) is 5.41 Å². The molecule has 0 unspecified atom stereocenters. The van der Waals surface area contributed by atoms with E-state index in [0.29, 0.717) is 11.1 Å². The Bertz CT molecular complexity index is 516. The minimum Gasteiger partial charge on any atom is -0.480 e. The lowest BCUT2D eigenvalue weighted by Crippen LogP contribution is -2.40. The Morgan fingerprint density at radius 1 is 1.19 bits per heavy atom. The lowest BCUT2D eigenvalue weighted by Gasteiger charge is -2.17. The maximum absolute atomic E-state index is 11.0. The first kappa shape index (κ1) is 10.4. The number of fused-ring (bicyclic) bond motifs is 1. The summed E-state index contributed by atoms with van der Waals surface area (Å²) in [6.07, 6.45) is 1.14. The van der Waals surface area contributed by atoms with Crippen LogP contribution >= 0.6 is 0 Å². The fourth-order valence-corrected chi connectivity index (χ4v) is 1.98. The van der Waals surface area contributed by atoms with E-state index in [1.165, 1.54) is 12.3 Å². The first-order valence-corrected chi connectivity index (χ1v) is 4.63. The summed E-state index contributed by atoms with van der Waals surface area (Å²) in [6.45, 7) is 0. The number of carboxylic acid groups (broad SMARTS) is 2. The number of hydrogen-bond acceptors (Lipinski definition) is 3. The molecular weight excluding hydrogens is 214 g/mol. The molecule has 0 amide bonds.